The third kappa shape index (κ3) is 14.2. The van der Waals surface area contributed by atoms with Gasteiger partial charge in [-0.25, -0.2) is 18.9 Å². The van der Waals surface area contributed by atoms with Gasteiger partial charge in [-0.1, -0.05) is 46.0 Å². The molecule has 3 unspecified atom stereocenters. The second kappa shape index (κ2) is 20.1. The third-order valence-corrected chi connectivity index (χ3v) is 10.4. The molecule has 3 aliphatic rings. The summed E-state index contributed by atoms with van der Waals surface area (Å²) in [4.78, 5) is 37.9. The van der Waals surface area contributed by atoms with Crippen LogP contribution in [0.1, 0.15) is 110 Å². The van der Waals surface area contributed by atoms with Gasteiger partial charge in [0.2, 0.25) is 5.96 Å². The Hall–Kier alpha value is -2.57. The molecule has 0 bridgehead atoms. The van der Waals surface area contributed by atoms with E-state index in [0.717, 1.165) is 96.3 Å². The van der Waals surface area contributed by atoms with Gasteiger partial charge in [0.15, 0.2) is 0 Å². The summed E-state index contributed by atoms with van der Waals surface area (Å²) >= 11 is 0. The van der Waals surface area contributed by atoms with Gasteiger partial charge in [-0.3, -0.25) is 9.05 Å². The summed E-state index contributed by atoms with van der Waals surface area (Å²) in [6.07, 6.45) is 12.1. The lowest BCUT2D eigenvalue weighted by molar-refractivity contribution is -0.143. The van der Waals surface area contributed by atoms with Crippen LogP contribution in [0.2, 0.25) is 0 Å². The lowest BCUT2D eigenvalue weighted by Crippen LogP contribution is -2.50. The molecule has 47 heavy (non-hydrogen) atoms. The minimum Gasteiger partial charge on any atom is -0.480 e. The van der Waals surface area contributed by atoms with Crippen molar-refractivity contribution in [2.45, 2.75) is 128 Å². The summed E-state index contributed by atoms with van der Waals surface area (Å²) in [6, 6.07) is -0.961. The van der Waals surface area contributed by atoms with E-state index in [1.54, 1.807) is 13.8 Å². The average Bonchev–Trinajstić information content (AvgIpc) is 3.06. The maximum atomic E-state index is 14.0. The third-order valence-electron chi connectivity index (χ3n) is 9.00. The lowest BCUT2D eigenvalue weighted by atomic mass is 9.83. The van der Waals surface area contributed by atoms with Crippen molar-refractivity contribution in [3.05, 3.63) is 0 Å². The molecule has 0 aromatic rings. The molecule has 3 N–H and O–H groups in total. The van der Waals surface area contributed by atoms with Gasteiger partial charge in [0, 0.05) is 18.9 Å². The van der Waals surface area contributed by atoms with Crippen LogP contribution in [-0.4, -0.2) is 86.0 Å². The summed E-state index contributed by atoms with van der Waals surface area (Å²) in [5.74, 6) is -2.32. The number of nitrogens with two attached hydrogens (primary N) is 1. The Morgan fingerprint density at radius 2 is 1.15 bits per heavy atom. The molecular formula is C32H56N3O11P. The predicted molar refractivity (Wildman–Crippen MR) is 174 cm³/mol. The van der Waals surface area contributed by atoms with Gasteiger partial charge in [-0.15, -0.1) is 4.76 Å². The Labute approximate surface area is 279 Å². The van der Waals surface area contributed by atoms with Gasteiger partial charge in [-0.05, 0) is 70.1 Å². The smallest absolute Gasteiger partial charge is 0.480 e. The topological polar surface area (TPSA) is 186 Å². The highest BCUT2D eigenvalue weighted by molar-refractivity contribution is 7.52. The van der Waals surface area contributed by atoms with Crippen molar-refractivity contribution in [2.75, 3.05) is 33.5 Å². The van der Waals surface area contributed by atoms with Gasteiger partial charge in [0.25, 0.3) is 0 Å². The average molecular weight is 690 g/mol. The summed E-state index contributed by atoms with van der Waals surface area (Å²) in [5, 5.41) is 10.0. The second-order valence-electron chi connectivity index (χ2n) is 13.4. The number of rotatable bonds is 16. The Morgan fingerprint density at radius 1 is 0.745 bits per heavy atom. The zero-order valence-electron chi connectivity index (χ0n) is 28.3. The van der Waals surface area contributed by atoms with E-state index in [4.69, 9.17) is 33.7 Å². The molecule has 3 aliphatic carbocycles. The fraction of sp³-hybridized carbons (Fsp3) is 0.875. The quantitative estimate of drug-likeness (QED) is 0.0760. The van der Waals surface area contributed by atoms with Crippen LogP contribution in [0.4, 0.5) is 9.59 Å². The monoisotopic (exact) mass is 689 g/mol. The number of carbonyl (C=O) groups is 3. The van der Waals surface area contributed by atoms with Gasteiger partial charge in [-0.2, -0.15) is 0 Å². The number of carbonyl (C=O) groups excluding carboxylic acids is 2. The number of hydrogen-bond donors (Lipinski definition) is 2. The van der Waals surface area contributed by atoms with Gasteiger partial charge >= 0.3 is 26.0 Å². The molecule has 0 saturated heterocycles. The maximum Gasteiger partial charge on any atom is 0.508 e. The van der Waals surface area contributed by atoms with Crippen LogP contribution in [0.25, 0.3) is 0 Å². The van der Waals surface area contributed by atoms with Crippen molar-refractivity contribution in [2.24, 2.45) is 28.3 Å². The normalized spacial score (nSPS) is 21.9. The molecule has 0 amide bonds. The van der Waals surface area contributed by atoms with Crippen molar-refractivity contribution < 1.29 is 52.1 Å². The fourth-order valence-corrected chi connectivity index (χ4v) is 7.70. The molecule has 0 radical (unpaired) electrons. The van der Waals surface area contributed by atoms with Crippen LogP contribution in [-0.2, 0) is 37.4 Å². The number of carboxylic acids is 1. The van der Waals surface area contributed by atoms with Crippen molar-refractivity contribution in [3.8, 4) is 0 Å². The van der Waals surface area contributed by atoms with E-state index >= 15 is 0 Å². The Balaban J connectivity index is 1.60. The molecule has 3 atom stereocenters. The van der Waals surface area contributed by atoms with E-state index in [1.165, 1.54) is 11.9 Å². The number of likely N-dealkylation sites (N-methyl/N-ethyl adjacent to an activating group) is 1. The van der Waals surface area contributed by atoms with Crippen LogP contribution in [0.5, 0.6) is 0 Å². The standard InChI is InChI=1S/C32H56N3O11P/c1-23(19-41-31(38)45-26-15-9-5-10-16-26)21-43-47(40,34-30(33)35(3)28(29(36)37)25-13-7-4-8-14-25)44-22-24(2)20-42-32(39)46-27-17-11-6-12-18-27/h23-28H,4-22H2,1-3H3,(H,36,37)(H2,33,34,40). The minimum atomic E-state index is -4.31. The molecule has 3 rings (SSSR count). The Bertz CT molecular complexity index is 1010. The first-order chi connectivity index (χ1) is 22.5. The molecule has 15 heteroatoms. The SMILES string of the molecule is CC(COC(=O)OC1CCCCC1)COP(=O)(N=C(N)N(C)C(C(=O)O)C1CCCCC1)OCC(C)COC(=O)OC1CCCCC1. The van der Waals surface area contributed by atoms with Crippen LogP contribution in [0, 0.1) is 17.8 Å². The number of hydrogen-bond acceptors (Lipinski definition) is 10. The summed E-state index contributed by atoms with van der Waals surface area (Å²) in [7, 11) is -2.82. The maximum absolute atomic E-state index is 14.0. The fourth-order valence-electron chi connectivity index (χ4n) is 6.23. The van der Waals surface area contributed by atoms with E-state index in [2.05, 4.69) is 4.76 Å². The zero-order chi connectivity index (χ0) is 34.2. The van der Waals surface area contributed by atoms with Gasteiger partial charge in [0.05, 0.1) is 26.4 Å². The van der Waals surface area contributed by atoms with E-state index in [0.29, 0.717) is 0 Å². The molecular weight excluding hydrogens is 633 g/mol. The number of aliphatic carboxylic acids is 1. The number of carboxylic acid groups (broad SMARTS) is 1. The molecule has 14 nitrogen and oxygen atoms in total. The largest absolute Gasteiger partial charge is 0.508 e. The minimum absolute atomic E-state index is 0.0548. The molecule has 0 aliphatic heterocycles. The molecule has 0 aromatic heterocycles. The van der Waals surface area contributed by atoms with Gasteiger partial charge < -0.3 is 34.7 Å². The zero-order valence-corrected chi connectivity index (χ0v) is 29.2. The molecule has 3 saturated carbocycles. The molecule has 270 valence electrons. The Kier molecular flexibility index (Phi) is 16.6. The van der Waals surface area contributed by atoms with Crippen LogP contribution >= 0.6 is 7.75 Å². The van der Waals surface area contributed by atoms with E-state index < -0.39 is 43.9 Å². The first-order valence-corrected chi connectivity index (χ1v) is 18.8. The molecule has 0 spiro atoms. The van der Waals surface area contributed by atoms with Gasteiger partial charge in [0.1, 0.15) is 18.2 Å². The molecule has 0 heterocycles. The summed E-state index contributed by atoms with van der Waals surface area (Å²) in [5.41, 5.74) is 6.24. The summed E-state index contributed by atoms with van der Waals surface area (Å²) < 4.78 is 50.7. The van der Waals surface area contributed by atoms with Crippen molar-refractivity contribution >= 4 is 32.0 Å². The predicted octanol–water partition coefficient (Wildman–Crippen LogP) is 6.65. The molecule has 0 aromatic carbocycles. The highest BCUT2D eigenvalue weighted by atomic mass is 31.2. The highest BCUT2D eigenvalue weighted by Crippen LogP contribution is 2.51. The van der Waals surface area contributed by atoms with Crippen LogP contribution < -0.4 is 5.73 Å². The Morgan fingerprint density at radius 3 is 1.55 bits per heavy atom. The van der Waals surface area contributed by atoms with Crippen molar-refractivity contribution in [1.82, 2.24) is 4.90 Å². The van der Waals surface area contributed by atoms with E-state index in [1.807, 2.05) is 0 Å². The van der Waals surface area contributed by atoms with E-state index in [-0.39, 0.29) is 50.5 Å². The summed E-state index contributed by atoms with van der Waals surface area (Å²) in [6.45, 7) is 3.02. The van der Waals surface area contributed by atoms with E-state index in [9.17, 15) is 24.1 Å². The number of ether oxygens (including phenoxy) is 4. The number of nitrogens with zero attached hydrogens (tertiary/aromatic N) is 2. The lowest BCUT2D eigenvalue weighted by Gasteiger charge is -2.34. The number of guanidine groups is 1. The molecule has 3 fully saturated rings. The first kappa shape index (κ1) is 38.9. The van der Waals surface area contributed by atoms with Crippen molar-refractivity contribution in [1.29, 1.82) is 0 Å². The van der Waals surface area contributed by atoms with Crippen LogP contribution in [0.15, 0.2) is 4.76 Å². The highest BCUT2D eigenvalue weighted by Gasteiger charge is 2.36. The van der Waals surface area contributed by atoms with Crippen LogP contribution in [0.3, 0.4) is 0 Å². The second-order valence-corrected chi connectivity index (χ2v) is 15.1. The first-order valence-electron chi connectivity index (χ1n) is 17.3. The van der Waals surface area contributed by atoms with Crippen molar-refractivity contribution in [3.63, 3.8) is 0 Å².